The van der Waals surface area contributed by atoms with Crippen LogP contribution in [-0.4, -0.2) is 21.7 Å². The number of amides is 3. The summed E-state index contributed by atoms with van der Waals surface area (Å²) < 4.78 is 2.04. The third-order valence-electron chi connectivity index (χ3n) is 5.68. The smallest absolute Gasteiger partial charge is 0.317 e. The molecule has 2 aromatic rings. The molecule has 8 heteroatoms. The topological polar surface area (TPSA) is 116 Å². The molecule has 0 saturated heterocycles. The van der Waals surface area contributed by atoms with E-state index in [4.69, 9.17) is 16.6 Å². The van der Waals surface area contributed by atoms with Crippen molar-refractivity contribution >= 4 is 28.3 Å². The quantitative estimate of drug-likeness (QED) is 0.731. The van der Waals surface area contributed by atoms with Gasteiger partial charge >= 0.3 is 6.03 Å². The first-order valence-corrected chi connectivity index (χ1v) is 10.4. The number of aromatic nitrogens is 2. The average molecular weight is 388 g/mol. The highest BCUT2D eigenvalue weighted by molar-refractivity contribution is 7.20. The van der Waals surface area contributed by atoms with Gasteiger partial charge in [-0.15, -0.1) is 11.3 Å². The standard InChI is InChI=1S/C19H25N5O2S/c20-17(25)15-12-6-7-14-13(16(12)27-18(15)22-19(21)26)10-24(23-14)9-8-11-4-2-1-3-5-11/h10-11H,1-9H2,(H2,20,25)(H3,21,22,26). The zero-order valence-electron chi connectivity index (χ0n) is 15.3. The van der Waals surface area contributed by atoms with E-state index in [2.05, 4.69) is 11.5 Å². The number of nitrogens with zero attached hydrogens (tertiary/aromatic N) is 2. The molecule has 2 aromatic heterocycles. The van der Waals surface area contributed by atoms with Crippen LogP contribution in [0.4, 0.5) is 9.80 Å². The number of urea groups is 1. The molecule has 3 amide bonds. The highest BCUT2D eigenvalue weighted by Gasteiger charge is 2.29. The number of nitrogens with one attached hydrogen (secondary N) is 1. The van der Waals surface area contributed by atoms with E-state index in [1.165, 1.54) is 49.9 Å². The maximum atomic E-state index is 11.9. The number of aryl methyl sites for hydroxylation is 2. The zero-order chi connectivity index (χ0) is 19.0. The van der Waals surface area contributed by atoms with Crippen molar-refractivity contribution in [2.24, 2.45) is 17.4 Å². The maximum Gasteiger partial charge on any atom is 0.317 e. The first-order valence-electron chi connectivity index (χ1n) is 9.61. The zero-order valence-corrected chi connectivity index (χ0v) is 16.1. The number of carbonyl (C=O) groups is 2. The van der Waals surface area contributed by atoms with Crippen LogP contribution in [0.3, 0.4) is 0 Å². The van der Waals surface area contributed by atoms with Crippen molar-refractivity contribution in [1.82, 2.24) is 9.78 Å². The summed E-state index contributed by atoms with van der Waals surface area (Å²) in [5.41, 5.74) is 14.2. The van der Waals surface area contributed by atoms with E-state index in [1.807, 2.05) is 4.68 Å². The van der Waals surface area contributed by atoms with Crippen LogP contribution in [-0.2, 0) is 19.4 Å². The molecule has 4 rings (SSSR count). The Balaban J connectivity index is 1.60. The van der Waals surface area contributed by atoms with Gasteiger partial charge in [-0.2, -0.15) is 5.10 Å². The molecule has 1 fully saturated rings. The van der Waals surface area contributed by atoms with Crippen molar-refractivity contribution in [2.45, 2.75) is 57.9 Å². The summed E-state index contributed by atoms with van der Waals surface area (Å²) in [4.78, 5) is 24.2. The highest BCUT2D eigenvalue weighted by atomic mass is 32.1. The first kappa shape index (κ1) is 18.0. The molecular weight excluding hydrogens is 362 g/mol. The number of primary amides is 2. The fourth-order valence-electron chi connectivity index (χ4n) is 4.37. The summed E-state index contributed by atoms with van der Waals surface area (Å²) in [6.07, 6.45) is 11.4. The second-order valence-corrected chi connectivity index (χ2v) is 8.53. The number of nitrogens with two attached hydrogens (primary N) is 2. The Bertz CT molecular complexity index is 879. The molecule has 0 spiro atoms. The Labute approximate surface area is 162 Å². The minimum atomic E-state index is -0.695. The number of rotatable bonds is 5. The maximum absolute atomic E-state index is 11.9. The third-order valence-corrected chi connectivity index (χ3v) is 6.86. The van der Waals surface area contributed by atoms with Gasteiger partial charge < -0.3 is 11.5 Å². The molecule has 0 atom stereocenters. The molecule has 2 heterocycles. The predicted molar refractivity (Wildman–Crippen MR) is 106 cm³/mol. The lowest BCUT2D eigenvalue weighted by atomic mass is 9.87. The normalized spacial score (nSPS) is 16.6. The molecule has 2 aliphatic carbocycles. The van der Waals surface area contributed by atoms with E-state index in [0.29, 0.717) is 17.0 Å². The summed E-state index contributed by atoms with van der Waals surface area (Å²) in [6, 6.07) is -0.695. The summed E-state index contributed by atoms with van der Waals surface area (Å²) in [5.74, 6) is 0.273. The fraction of sp³-hybridized carbons (Fsp3) is 0.526. The van der Waals surface area contributed by atoms with Crippen molar-refractivity contribution in [3.05, 3.63) is 23.0 Å². The molecule has 27 heavy (non-hydrogen) atoms. The Kier molecular flexibility index (Phi) is 4.90. The Morgan fingerprint density at radius 1 is 1.22 bits per heavy atom. The van der Waals surface area contributed by atoms with Crippen molar-refractivity contribution in [3.8, 4) is 10.4 Å². The molecule has 0 aliphatic heterocycles. The Morgan fingerprint density at radius 3 is 2.70 bits per heavy atom. The lowest BCUT2D eigenvalue weighted by molar-refractivity contribution is 0.100. The van der Waals surface area contributed by atoms with Gasteiger partial charge in [-0.1, -0.05) is 32.1 Å². The van der Waals surface area contributed by atoms with Crippen molar-refractivity contribution < 1.29 is 9.59 Å². The molecule has 7 nitrogen and oxygen atoms in total. The van der Waals surface area contributed by atoms with Crippen LogP contribution in [0.2, 0.25) is 0 Å². The van der Waals surface area contributed by atoms with Crippen LogP contribution < -0.4 is 16.8 Å². The highest BCUT2D eigenvalue weighted by Crippen LogP contribution is 2.44. The second-order valence-electron chi connectivity index (χ2n) is 7.51. The summed E-state index contributed by atoms with van der Waals surface area (Å²) >= 11 is 1.35. The minimum absolute atomic E-state index is 0.384. The van der Waals surface area contributed by atoms with E-state index in [1.54, 1.807) is 0 Å². The molecule has 0 aromatic carbocycles. The number of fused-ring (bicyclic) bond motifs is 3. The summed E-state index contributed by atoms with van der Waals surface area (Å²) in [6.45, 7) is 0.924. The van der Waals surface area contributed by atoms with E-state index in [0.717, 1.165) is 40.6 Å². The average Bonchev–Trinajstić information content (AvgIpc) is 3.20. The van der Waals surface area contributed by atoms with Crippen LogP contribution >= 0.6 is 11.3 Å². The van der Waals surface area contributed by atoms with Crippen LogP contribution in [0.15, 0.2) is 6.20 Å². The van der Waals surface area contributed by atoms with Gasteiger partial charge in [0.2, 0.25) is 0 Å². The molecule has 144 valence electrons. The predicted octanol–water partition coefficient (Wildman–Crippen LogP) is 3.27. The summed E-state index contributed by atoms with van der Waals surface area (Å²) in [7, 11) is 0. The molecule has 1 saturated carbocycles. The molecule has 2 aliphatic rings. The molecular formula is C19H25N5O2S. The molecule has 0 bridgehead atoms. The Hall–Kier alpha value is -2.35. The lowest BCUT2D eigenvalue weighted by Gasteiger charge is -2.21. The fourth-order valence-corrected chi connectivity index (χ4v) is 5.66. The number of hydrogen-bond acceptors (Lipinski definition) is 4. The van der Waals surface area contributed by atoms with Crippen LogP contribution in [0.5, 0.6) is 0 Å². The van der Waals surface area contributed by atoms with Crippen LogP contribution in [0.1, 0.15) is 60.1 Å². The van der Waals surface area contributed by atoms with Crippen molar-refractivity contribution in [2.75, 3.05) is 5.32 Å². The number of hydrogen-bond donors (Lipinski definition) is 3. The van der Waals surface area contributed by atoms with E-state index < -0.39 is 11.9 Å². The second kappa shape index (κ2) is 7.34. The van der Waals surface area contributed by atoms with Crippen LogP contribution in [0, 0.1) is 5.92 Å². The van der Waals surface area contributed by atoms with Gasteiger partial charge in [-0.25, -0.2) is 4.79 Å². The van der Waals surface area contributed by atoms with Gasteiger partial charge in [0.1, 0.15) is 5.00 Å². The monoisotopic (exact) mass is 387 g/mol. The van der Waals surface area contributed by atoms with Crippen molar-refractivity contribution in [3.63, 3.8) is 0 Å². The van der Waals surface area contributed by atoms with Gasteiger partial charge in [-0.3, -0.25) is 14.8 Å². The number of anilines is 1. The van der Waals surface area contributed by atoms with Gasteiger partial charge in [0.15, 0.2) is 0 Å². The van der Waals surface area contributed by atoms with Crippen molar-refractivity contribution in [1.29, 1.82) is 0 Å². The number of carbonyl (C=O) groups excluding carboxylic acids is 2. The first-order chi connectivity index (χ1) is 13.0. The molecule has 0 radical (unpaired) electrons. The Morgan fingerprint density at radius 2 is 2.00 bits per heavy atom. The lowest BCUT2D eigenvalue weighted by Crippen LogP contribution is -2.22. The van der Waals surface area contributed by atoms with E-state index >= 15 is 0 Å². The van der Waals surface area contributed by atoms with Gasteiger partial charge in [0.25, 0.3) is 5.91 Å². The summed E-state index contributed by atoms with van der Waals surface area (Å²) in [5, 5.41) is 7.75. The molecule has 5 N–H and O–H groups in total. The number of thiophene rings is 1. The van der Waals surface area contributed by atoms with E-state index in [9.17, 15) is 9.59 Å². The van der Waals surface area contributed by atoms with Gasteiger partial charge in [0, 0.05) is 23.2 Å². The minimum Gasteiger partial charge on any atom is -0.365 e. The van der Waals surface area contributed by atoms with Gasteiger partial charge in [-0.05, 0) is 30.7 Å². The molecule has 0 unspecified atom stereocenters. The third kappa shape index (κ3) is 3.58. The largest absolute Gasteiger partial charge is 0.365 e. The van der Waals surface area contributed by atoms with Gasteiger partial charge in [0.05, 0.1) is 11.3 Å². The van der Waals surface area contributed by atoms with E-state index in [-0.39, 0.29) is 0 Å². The SMILES string of the molecule is NC(=O)Nc1sc2c(c1C(N)=O)CCc1nn(CCC3CCCCC3)cc1-2. The van der Waals surface area contributed by atoms with Crippen LogP contribution in [0.25, 0.3) is 10.4 Å².